The van der Waals surface area contributed by atoms with Crippen molar-refractivity contribution in [2.45, 2.75) is 129 Å². The Kier molecular flexibility index (Phi) is 19.0. The second-order valence-electron chi connectivity index (χ2n) is 9.47. The summed E-state index contributed by atoms with van der Waals surface area (Å²) in [6.07, 6.45) is 21.2. The van der Waals surface area contributed by atoms with Gasteiger partial charge in [0.25, 0.3) is 0 Å². The van der Waals surface area contributed by atoms with Gasteiger partial charge in [-0.15, -0.1) is 0 Å². The van der Waals surface area contributed by atoms with E-state index >= 15 is 0 Å². The molecule has 0 aromatic carbocycles. The van der Waals surface area contributed by atoms with Crippen molar-refractivity contribution in [1.29, 1.82) is 0 Å². The number of likely N-dealkylation sites (N-methyl/N-ethyl adjacent to an activating group) is 1. The molecule has 0 rings (SSSR count). The van der Waals surface area contributed by atoms with Gasteiger partial charge in [0.1, 0.15) is 12.6 Å². The fraction of sp³-hybridized carbons (Fsp3) is 0.960. The van der Waals surface area contributed by atoms with Crippen LogP contribution in [-0.2, 0) is 4.79 Å². The fourth-order valence-corrected chi connectivity index (χ4v) is 4.28. The monoisotopic (exact) mass is 414 g/mol. The highest BCUT2D eigenvalue weighted by atomic mass is 16.4. The average molecular weight is 415 g/mol. The lowest BCUT2D eigenvalue weighted by Crippen LogP contribution is -2.52. The Morgan fingerprint density at radius 2 is 1.14 bits per heavy atom. The Bertz CT molecular complexity index is 375. The van der Waals surface area contributed by atoms with E-state index in [-0.39, 0.29) is 12.6 Å². The Morgan fingerprint density at radius 3 is 1.55 bits per heavy atom. The molecule has 4 nitrogen and oxygen atoms in total. The highest BCUT2D eigenvalue weighted by Gasteiger charge is 2.27. The number of quaternary nitrogens is 1. The molecule has 0 aromatic heterocycles. The van der Waals surface area contributed by atoms with Crippen LogP contribution in [0.3, 0.4) is 0 Å². The van der Waals surface area contributed by atoms with Crippen molar-refractivity contribution in [1.82, 2.24) is 0 Å². The fourth-order valence-electron chi connectivity index (χ4n) is 4.28. The molecule has 0 saturated carbocycles. The molecule has 29 heavy (non-hydrogen) atoms. The Morgan fingerprint density at radius 1 is 0.724 bits per heavy atom. The molecule has 0 spiro atoms. The van der Waals surface area contributed by atoms with Crippen molar-refractivity contribution in [3.63, 3.8) is 0 Å². The molecular formula is C25H52NO3+. The van der Waals surface area contributed by atoms with Crippen LogP contribution >= 0.6 is 0 Å². The highest BCUT2D eigenvalue weighted by Crippen LogP contribution is 2.15. The first kappa shape index (κ1) is 28.4. The first-order valence-electron chi connectivity index (χ1n) is 12.7. The maximum atomic E-state index is 11.2. The van der Waals surface area contributed by atoms with E-state index in [9.17, 15) is 15.0 Å². The molecule has 2 atom stereocenters. The van der Waals surface area contributed by atoms with Gasteiger partial charge in [-0.05, 0) is 12.8 Å². The van der Waals surface area contributed by atoms with Crippen LogP contribution in [0, 0.1) is 0 Å². The van der Waals surface area contributed by atoms with E-state index in [0.29, 0.717) is 11.0 Å². The summed E-state index contributed by atoms with van der Waals surface area (Å²) in [4.78, 5) is 11.2. The van der Waals surface area contributed by atoms with Crippen LogP contribution in [0.2, 0.25) is 0 Å². The predicted octanol–water partition coefficient (Wildman–Crippen LogP) is 6.55. The number of carbonyl (C=O) groups is 1. The highest BCUT2D eigenvalue weighted by molar-refractivity contribution is 5.67. The second-order valence-corrected chi connectivity index (χ2v) is 9.47. The topological polar surface area (TPSA) is 57.5 Å². The minimum Gasteiger partial charge on any atom is -0.477 e. The van der Waals surface area contributed by atoms with Crippen LogP contribution in [-0.4, -0.2) is 53.5 Å². The van der Waals surface area contributed by atoms with Gasteiger partial charge in [-0.1, -0.05) is 110 Å². The SMILES string of the molecule is CCCCCCCCCCCCCCCCC(O)C[N+](C)(CCCC)CC(=O)O. The molecule has 0 aliphatic rings. The Balaban J connectivity index is 3.60. The zero-order valence-corrected chi connectivity index (χ0v) is 20.0. The summed E-state index contributed by atoms with van der Waals surface area (Å²) in [5.74, 6) is -0.771. The Labute approximate surface area is 181 Å². The van der Waals surface area contributed by atoms with Crippen molar-refractivity contribution < 1.29 is 19.5 Å². The standard InChI is InChI=1S/C25H51NO3/c1-4-6-8-9-10-11-12-13-14-15-16-17-18-19-20-24(27)22-26(3,21-7-5-2)23-25(28)29/h24,27H,4-23H2,1-3H3/p+1. The van der Waals surface area contributed by atoms with Gasteiger partial charge in [-0.2, -0.15) is 0 Å². The van der Waals surface area contributed by atoms with Crippen LogP contribution in [0.25, 0.3) is 0 Å². The molecular weight excluding hydrogens is 362 g/mol. The van der Waals surface area contributed by atoms with Crippen molar-refractivity contribution in [2.24, 2.45) is 0 Å². The largest absolute Gasteiger partial charge is 0.477 e. The van der Waals surface area contributed by atoms with Crippen molar-refractivity contribution in [3.05, 3.63) is 0 Å². The molecule has 0 amide bonds. The van der Waals surface area contributed by atoms with Crippen molar-refractivity contribution >= 4 is 5.97 Å². The lowest BCUT2D eigenvalue weighted by molar-refractivity contribution is -0.905. The zero-order valence-electron chi connectivity index (χ0n) is 20.0. The number of rotatable bonds is 22. The molecule has 0 heterocycles. The van der Waals surface area contributed by atoms with Gasteiger partial charge < -0.3 is 14.7 Å². The quantitative estimate of drug-likeness (QED) is 0.156. The summed E-state index contributed by atoms with van der Waals surface area (Å²) in [6, 6.07) is 0. The van der Waals surface area contributed by atoms with E-state index in [2.05, 4.69) is 13.8 Å². The van der Waals surface area contributed by atoms with Gasteiger partial charge >= 0.3 is 5.97 Å². The summed E-state index contributed by atoms with van der Waals surface area (Å²) >= 11 is 0. The van der Waals surface area contributed by atoms with Crippen LogP contribution in [0.5, 0.6) is 0 Å². The van der Waals surface area contributed by atoms with Crippen molar-refractivity contribution in [2.75, 3.05) is 26.7 Å². The molecule has 0 saturated heterocycles. The number of aliphatic hydroxyl groups excluding tert-OH is 1. The third-order valence-corrected chi connectivity index (χ3v) is 6.11. The summed E-state index contributed by atoms with van der Waals surface area (Å²) in [5.41, 5.74) is 0. The lowest BCUT2D eigenvalue weighted by atomic mass is 10.0. The maximum Gasteiger partial charge on any atom is 0.359 e. The van der Waals surface area contributed by atoms with Gasteiger partial charge in [0, 0.05) is 0 Å². The molecule has 4 heteroatoms. The number of aliphatic carboxylic acids is 1. The third-order valence-electron chi connectivity index (χ3n) is 6.11. The summed E-state index contributed by atoms with van der Waals surface area (Å²) in [6.45, 7) is 5.89. The number of carboxylic acids is 1. The van der Waals surface area contributed by atoms with Gasteiger partial charge in [-0.25, -0.2) is 4.79 Å². The molecule has 0 aromatic rings. The van der Waals surface area contributed by atoms with E-state index < -0.39 is 5.97 Å². The zero-order chi connectivity index (χ0) is 21.8. The number of nitrogens with zero attached hydrogens (tertiary/aromatic N) is 1. The molecule has 0 aliphatic heterocycles. The molecule has 0 aliphatic carbocycles. The number of carboxylic acid groups (broad SMARTS) is 1. The summed E-state index contributed by atoms with van der Waals surface area (Å²) in [7, 11) is 1.97. The first-order chi connectivity index (χ1) is 13.9. The number of unbranched alkanes of at least 4 members (excludes halogenated alkanes) is 14. The van der Waals surface area contributed by atoms with Crippen LogP contribution in [0.1, 0.15) is 123 Å². The summed E-state index contributed by atoms with van der Waals surface area (Å²) in [5, 5.41) is 19.6. The Hall–Kier alpha value is -0.610. The molecule has 2 unspecified atom stereocenters. The maximum absolute atomic E-state index is 11.2. The van der Waals surface area contributed by atoms with E-state index in [4.69, 9.17) is 0 Å². The van der Waals surface area contributed by atoms with Crippen LogP contribution in [0.4, 0.5) is 0 Å². The first-order valence-corrected chi connectivity index (χ1v) is 12.7. The van der Waals surface area contributed by atoms with Gasteiger partial charge in [0.05, 0.1) is 13.6 Å². The van der Waals surface area contributed by atoms with Gasteiger partial charge in [-0.3, -0.25) is 0 Å². The predicted molar refractivity (Wildman–Crippen MR) is 124 cm³/mol. The normalized spacial score (nSPS) is 14.6. The number of hydrogen-bond donors (Lipinski definition) is 2. The van der Waals surface area contributed by atoms with E-state index in [0.717, 1.165) is 32.2 Å². The van der Waals surface area contributed by atoms with Crippen LogP contribution < -0.4 is 0 Å². The third kappa shape index (κ3) is 19.1. The molecule has 0 fully saturated rings. The smallest absolute Gasteiger partial charge is 0.359 e. The minimum atomic E-state index is -0.771. The molecule has 0 bridgehead atoms. The van der Waals surface area contributed by atoms with E-state index in [1.165, 1.54) is 83.5 Å². The van der Waals surface area contributed by atoms with Crippen molar-refractivity contribution in [3.8, 4) is 0 Å². The van der Waals surface area contributed by atoms with E-state index in [1.54, 1.807) is 0 Å². The average Bonchev–Trinajstić information content (AvgIpc) is 2.66. The molecule has 174 valence electrons. The van der Waals surface area contributed by atoms with Gasteiger partial charge in [0.2, 0.25) is 0 Å². The summed E-state index contributed by atoms with van der Waals surface area (Å²) < 4.78 is 0.447. The second kappa shape index (κ2) is 19.4. The van der Waals surface area contributed by atoms with Crippen LogP contribution in [0.15, 0.2) is 0 Å². The van der Waals surface area contributed by atoms with Gasteiger partial charge in [0.15, 0.2) is 6.54 Å². The number of aliphatic hydroxyl groups is 1. The lowest BCUT2D eigenvalue weighted by Gasteiger charge is -2.34. The molecule has 2 N–H and O–H groups in total. The number of hydrogen-bond acceptors (Lipinski definition) is 2. The van der Waals surface area contributed by atoms with E-state index in [1.807, 2.05) is 7.05 Å². The minimum absolute atomic E-state index is 0.107. The molecule has 0 radical (unpaired) electrons.